The number of alkyl halides is 2. The van der Waals surface area contributed by atoms with Gasteiger partial charge in [0, 0.05) is 24.5 Å². The summed E-state index contributed by atoms with van der Waals surface area (Å²) in [6.45, 7) is 5.47. The molecule has 1 heterocycles. The maximum Gasteiger partial charge on any atom is 0.255 e. The van der Waals surface area contributed by atoms with Gasteiger partial charge in [0.15, 0.2) is 0 Å². The summed E-state index contributed by atoms with van der Waals surface area (Å²) in [6.07, 6.45) is 0. The lowest BCUT2D eigenvalue weighted by Gasteiger charge is -2.25. The fraction of sp³-hybridized carbons (Fsp3) is 0.636. The third-order valence-electron chi connectivity index (χ3n) is 2.74. The second-order valence-corrected chi connectivity index (χ2v) is 4.99. The Morgan fingerprint density at radius 3 is 2.29 bits per heavy atom. The highest BCUT2D eigenvalue weighted by atomic mass is 35.5. The van der Waals surface area contributed by atoms with Crippen molar-refractivity contribution in [1.29, 1.82) is 0 Å². The van der Waals surface area contributed by atoms with Crippen LogP contribution < -0.4 is 5.32 Å². The summed E-state index contributed by atoms with van der Waals surface area (Å²) in [5.41, 5.74) is 1.52. The normalized spacial score (nSPS) is 11.6. The van der Waals surface area contributed by atoms with E-state index in [0.29, 0.717) is 11.3 Å². The van der Waals surface area contributed by atoms with Gasteiger partial charge in [0.2, 0.25) is 0 Å². The molecule has 0 atom stereocenters. The van der Waals surface area contributed by atoms with Gasteiger partial charge in [-0.2, -0.15) is 5.10 Å². The van der Waals surface area contributed by atoms with E-state index >= 15 is 0 Å². The van der Waals surface area contributed by atoms with Crippen molar-refractivity contribution < 1.29 is 4.79 Å². The first-order valence-corrected chi connectivity index (χ1v) is 6.36. The van der Waals surface area contributed by atoms with Crippen LogP contribution in [0.2, 0.25) is 0 Å². The predicted molar refractivity (Wildman–Crippen MR) is 70.0 cm³/mol. The molecular weight excluding hydrogens is 261 g/mol. The van der Waals surface area contributed by atoms with Crippen LogP contribution in [-0.4, -0.2) is 33.0 Å². The van der Waals surface area contributed by atoms with Crippen molar-refractivity contribution in [3.05, 3.63) is 17.0 Å². The number of halogens is 2. The molecule has 0 saturated heterocycles. The first kappa shape index (κ1) is 14.3. The summed E-state index contributed by atoms with van der Waals surface area (Å²) >= 11 is 11.6. The first-order valence-electron chi connectivity index (χ1n) is 5.29. The minimum Gasteiger partial charge on any atom is -0.344 e. The summed E-state index contributed by atoms with van der Waals surface area (Å²) in [4.78, 5) is 12.2. The van der Waals surface area contributed by atoms with Crippen molar-refractivity contribution in [2.75, 3.05) is 11.8 Å². The number of hydrogen-bond acceptors (Lipinski definition) is 2. The predicted octanol–water partition coefficient (Wildman–Crippen LogP) is 2.00. The van der Waals surface area contributed by atoms with E-state index in [1.807, 2.05) is 13.8 Å². The fourth-order valence-corrected chi connectivity index (χ4v) is 1.96. The lowest BCUT2D eigenvalue weighted by molar-refractivity contribution is 0.0920. The van der Waals surface area contributed by atoms with Crippen molar-refractivity contribution in [3.8, 4) is 0 Å². The third kappa shape index (κ3) is 2.93. The topological polar surface area (TPSA) is 46.9 Å². The van der Waals surface area contributed by atoms with E-state index < -0.39 is 5.54 Å². The highest BCUT2D eigenvalue weighted by molar-refractivity contribution is 6.22. The Kier molecular flexibility index (Phi) is 4.44. The van der Waals surface area contributed by atoms with E-state index in [4.69, 9.17) is 23.2 Å². The van der Waals surface area contributed by atoms with Crippen LogP contribution in [0.1, 0.15) is 28.7 Å². The summed E-state index contributed by atoms with van der Waals surface area (Å²) < 4.78 is 1.68. The van der Waals surface area contributed by atoms with Gasteiger partial charge >= 0.3 is 0 Å². The molecule has 0 aliphatic carbocycles. The van der Waals surface area contributed by atoms with Gasteiger partial charge in [-0.3, -0.25) is 9.48 Å². The molecule has 1 rings (SSSR count). The van der Waals surface area contributed by atoms with Crippen molar-refractivity contribution >= 4 is 29.1 Å². The maximum atomic E-state index is 12.2. The monoisotopic (exact) mass is 277 g/mol. The first-order chi connectivity index (χ1) is 7.84. The fourth-order valence-electron chi connectivity index (χ4n) is 1.54. The van der Waals surface area contributed by atoms with Crippen molar-refractivity contribution in [3.63, 3.8) is 0 Å². The molecule has 0 fully saturated rings. The van der Waals surface area contributed by atoms with Crippen LogP contribution in [0.3, 0.4) is 0 Å². The summed E-state index contributed by atoms with van der Waals surface area (Å²) in [7, 11) is 1.81. The maximum absolute atomic E-state index is 12.2. The Morgan fingerprint density at radius 2 is 1.94 bits per heavy atom. The summed E-state index contributed by atoms with van der Waals surface area (Å²) in [5.74, 6) is 0.346. The Morgan fingerprint density at radius 1 is 1.41 bits per heavy atom. The standard InChI is InChI=1S/C11H17Cl2N3O/c1-7-9(8(2)16(4)15-7)10(17)14-11(3,5-12)6-13/h5-6H2,1-4H3,(H,14,17). The van der Waals surface area contributed by atoms with Gasteiger partial charge in [-0.05, 0) is 20.8 Å². The average Bonchev–Trinajstić information content (AvgIpc) is 2.53. The van der Waals surface area contributed by atoms with Gasteiger partial charge in [0.1, 0.15) is 0 Å². The minimum atomic E-state index is -0.602. The zero-order valence-electron chi connectivity index (χ0n) is 10.5. The number of carbonyl (C=O) groups excluding carboxylic acids is 1. The van der Waals surface area contributed by atoms with Crippen LogP contribution in [-0.2, 0) is 7.05 Å². The van der Waals surface area contributed by atoms with E-state index in [0.717, 1.165) is 5.69 Å². The van der Waals surface area contributed by atoms with Gasteiger partial charge in [-0.1, -0.05) is 0 Å². The van der Waals surface area contributed by atoms with E-state index in [2.05, 4.69) is 10.4 Å². The van der Waals surface area contributed by atoms with Gasteiger partial charge in [0.25, 0.3) is 5.91 Å². The molecule has 1 aromatic rings. The SMILES string of the molecule is Cc1nn(C)c(C)c1C(=O)NC(C)(CCl)CCl. The highest BCUT2D eigenvalue weighted by Gasteiger charge is 2.27. The number of nitrogens with one attached hydrogen (secondary N) is 1. The van der Waals surface area contributed by atoms with Gasteiger partial charge in [0.05, 0.1) is 16.8 Å². The van der Waals surface area contributed by atoms with E-state index in [-0.39, 0.29) is 17.7 Å². The Balaban J connectivity index is 2.98. The molecule has 0 aliphatic heterocycles. The molecule has 0 unspecified atom stereocenters. The Labute approximate surface area is 111 Å². The number of carbonyl (C=O) groups is 1. The van der Waals surface area contributed by atoms with E-state index in [9.17, 15) is 4.79 Å². The lowest BCUT2D eigenvalue weighted by Crippen LogP contribution is -2.49. The highest BCUT2D eigenvalue weighted by Crippen LogP contribution is 2.15. The minimum absolute atomic E-state index is 0.183. The molecule has 96 valence electrons. The zero-order valence-corrected chi connectivity index (χ0v) is 12.0. The molecule has 0 radical (unpaired) electrons. The molecule has 0 bridgehead atoms. The Bertz CT molecular complexity index is 425. The molecule has 1 N–H and O–H groups in total. The van der Waals surface area contributed by atoms with Crippen LogP contribution in [0.4, 0.5) is 0 Å². The molecule has 4 nitrogen and oxygen atoms in total. The van der Waals surface area contributed by atoms with Crippen LogP contribution in [0.25, 0.3) is 0 Å². The van der Waals surface area contributed by atoms with Gasteiger partial charge in [-0.25, -0.2) is 0 Å². The number of aryl methyl sites for hydroxylation is 2. The molecule has 0 aromatic carbocycles. The van der Waals surface area contributed by atoms with Crippen molar-refractivity contribution in [1.82, 2.24) is 15.1 Å². The molecule has 0 spiro atoms. The smallest absolute Gasteiger partial charge is 0.255 e. The lowest BCUT2D eigenvalue weighted by atomic mass is 10.1. The number of amides is 1. The molecule has 1 aromatic heterocycles. The molecule has 1 amide bonds. The second-order valence-electron chi connectivity index (χ2n) is 4.45. The van der Waals surface area contributed by atoms with Crippen LogP contribution >= 0.6 is 23.2 Å². The molecule has 0 saturated carbocycles. The molecular formula is C11H17Cl2N3O. The largest absolute Gasteiger partial charge is 0.344 e. The quantitative estimate of drug-likeness (QED) is 0.856. The molecule has 0 aliphatic rings. The Hall–Kier alpha value is -0.740. The van der Waals surface area contributed by atoms with Crippen LogP contribution in [0.5, 0.6) is 0 Å². The van der Waals surface area contributed by atoms with Gasteiger partial charge in [-0.15, -0.1) is 23.2 Å². The number of aromatic nitrogens is 2. The number of nitrogens with zero attached hydrogens (tertiary/aromatic N) is 2. The van der Waals surface area contributed by atoms with Crippen LogP contribution in [0.15, 0.2) is 0 Å². The van der Waals surface area contributed by atoms with Crippen molar-refractivity contribution in [2.45, 2.75) is 26.3 Å². The average molecular weight is 278 g/mol. The molecule has 6 heteroatoms. The van der Waals surface area contributed by atoms with E-state index in [1.165, 1.54) is 0 Å². The second kappa shape index (κ2) is 5.27. The number of hydrogen-bond donors (Lipinski definition) is 1. The molecule has 17 heavy (non-hydrogen) atoms. The third-order valence-corrected chi connectivity index (χ3v) is 3.92. The van der Waals surface area contributed by atoms with Crippen LogP contribution in [0, 0.1) is 13.8 Å². The summed E-state index contributed by atoms with van der Waals surface area (Å²) in [6, 6.07) is 0. The summed E-state index contributed by atoms with van der Waals surface area (Å²) in [5, 5.41) is 7.05. The van der Waals surface area contributed by atoms with Gasteiger partial charge < -0.3 is 5.32 Å². The van der Waals surface area contributed by atoms with E-state index in [1.54, 1.807) is 18.7 Å². The zero-order chi connectivity index (χ0) is 13.2. The number of rotatable bonds is 4. The van der Waals surface area contributed by atoms with Crippen molar-refractivity contribution in [2.24, 2.45) is 7.05 Å².